The summed E-state index contributed by atoms with van der Waals surface area (Å²) in [6, 6.07) is -0.0418. The van der Waals surface area contributed by atoms with E-state index in [2.05, 4.69) is 15.5 Å². The number of anilines is 1. The second-order valence-corrected chi connectivity index (χ2v) is 4.83. The normalized spacial score (nSPS) is 14.2. The van der Waals surface area contributed by atoms with E-state index in [0.717, 1.165) is 10.1 Å². The lowest BCUT2D eigenvalue weighted by atomic mass is 10.0. The van der Waals surface area contributed by atoms with Crippen molar-refractivity contribution in [3.63, 3.8) is 0 Å². The Labute approximate surface area is 82.0 Å². The van der Waals surface area contributed by atoms with Gasteiger partial charge >= 0.3 is 0 Å². The summed E-state index contributed by atoms with van der Waals surface area (Å²) in [5.74, 6) is 0. The predicted molar refractivity (Wildman–Crippen MR) is 54.0 cm³/mol. The van der Waals surface area contributed by atoms with Crippen LogP contribution in [0.3, 0.4) is 0 Å². The smallest absolute Gasteiger partial charge is 0.205 e. The molecule has 0 amide bonds. The van der Waals surface area contributed by atoms with E-state index in [-0.39, 0.29) is 6.04 Å². The van der Waals surface area contributed by atoms with E-state index in [1.54, 1.807) is 13.8 Å². The number of aromatic nitrogens is 2. The molecule has 0 fully saturated rings. The van der Waals surface area contributed by atoms with Crippen LogP contribution in [0.1, 0.15) is 25.8 Å². The molecule has 4 nitrogen and oxygen atoms in total. The van der Waals surface area contributed by atoms with Gasteiger partial charge < -0.3 is 10.4 Å². The van der Waals surface area contributed by atoms with Gasteiger partial charge in [-0.3, -0.25) is 0 Å². The number of nitrogens with zero attached hydrogens (tertiary/aromatic N) is 2. The third-order valence-electron chi connectivity index (χ3n) is 1.93. The molecule has 0 spiro atoms. The monoisotopic (exact) mass is 201 g/mol. The number of hydrogen-bond donors (Lipinski definition) is 2. The predicted octanol–water partition coefficient (Wildman–Crippen LogP) is 1.42. The topological polar surface area (TPSA) is 58.0 Å². The Morgan fingerprint density at radius 1 is 1.46 bits per heavy atom. The number of aliphatic hydroxyl groups is 1. The first-order valence-corrected chi connectivity index (χ1v) is 5.00. The van der Waals surface area contributed by atoms with E-state index in [9.17, 15) is 5.11 Å². The summed E-state index contributed by atoms with van der Waals surface area (Å²) in [5.41, 5.74) is -0.750. The summed E-state index contributed by atoms with van der Waals surface area (Å²) in [4.78, 5) is 0. The van der Waals surface area contributed by atoms with Gasteiger partial charge in [0.25, 0.3) is 0 Å². The molecule has 0 aliphatic carbocycles. The quantitative estimate of drug-likeness (QED) is 0.776. The van der Waals surface area contributed by atoms with Gasteiger partial charge in [0, 0.05) is 0 Å². The summed E-state index contributed by atoms with van der Waals surface area (Å²) in [5, 5.41) is 22.2. The first-order valence-electron chi connectivity index (χ1n) is 4.18. The molecular formula is C8H15N3OS. The van der Waals surface area contributed by atoms with Crippen molar-refractivity contribution in [2.24, 2.45) is 0 Å². The number of rotatable bonds is 3. The fourth-order valence-electron chi connectivity index (χ4n) is 0.717. The van der Waals surface area contributed by atoms with Crippen LogP contribution in [0.15, 0.2) is 0 Å². The zero-order valence-electron chi connectivity index (χ0n) is 8.33. The lowest BCUT2D eigenvalue weighted by Gasteiger charge is -2.26. The summed E-state index contributed by atoms with van der Waals surface area (Å²) in [6.07, 6.45) is 0. The van der Waals surface area contributed by atoms with E-state index in [1.165, 1.54) is 11.3 Å². The molecule has 0 aliphatic heterocycles. The molecule has 0 bridgehead atoms. The van der Waals surface area contributed by atoms with Crippen LogP contribution in [0.25, 0.3) is 0 Å². The second-order valence-electron chi connectivity index (χ2n) is 3.65. The van der Waals surface area contributed by atoms with Crippen LogP contribution in [0.4, 0.5) is 5.13 Å². The maximum atomic E-state index is 9.65. The van der Waals surface area contributed by atoms with Crippen molar-refractivity contribution >= 4 is 16.5 Å². The van der Waals surface area contributed by atoms with E-state index >= 15 is 0 Å². The van der Waals surface area contributed by atoms with Gasteiger partial charge in [0.15, 0.2) is 0 Å². The molecule has 1 aromatic heterocycles. The fraction of sp³-hybridized carbons (Fsp3) is 0.750. The molecule has 74 valence electrons. The van der Waals surface area contributed by atoms with Crippen molar-refractivity contribution in [3.8, 4) is 0 Å². The SMILES string of the molecule is Cc1nnc(NC(C)C(C)(C)O)s1. The maximum absolute atomic E-state index is 9.65. The summed E-state index contributed by atoms with van der Waals surface area (Å²) in [6.45, 7) is 7.34. The van der Waals surface area contributed by atoms with E-state index in [0.29, 0.717) is 0 Å². The van der Waals surface area contributed by atoms with Crippen LogP contribution in [0.5, 0.6) is 0 Å². The molecule has 5 heteroatoms. The zero-order valence-corrected chi connectivity index (χ0v) is 9.14. The molecule has 0 aliphatic rings. The highest BCUT2D eigenvalue weighted by Crippen LogP contribution is 2.18. The van der Waals surface area contributed by atoms with Crippen LogP contribution < -0.4 is 5.32 Å². The van der Waals surface area contributed by atoms with Crippen LogP contribution >= 0.6 is 11.3 Å². The highest BCUT2D eigenvalue weighted by atomic mass is 32.1. The standard InChI is InChI=1S/C8H15N3OS/c1-5(8(3,4)12)9-7-11-10-6(2)13-7/h5,12H,1-4H3,(H,9,11). The zero-order chi connectivity index (χ0) is 10.1. The Morgan fingerprint density at radius 2 is 2.08 bits per heavy atom. The van der Waals surface area contributed by atoms with Crippen molar-refractivity contribution in [1.29, 1.82) is 0 Å². The third-order valence-corrected chi connectivity index (χ3v) is 2.70. The number of nitrogens with one attached hydrogen (secondary N) is 1. The van der Waals surface area contributed by atoms with Crippen LogP contribution in [-0.2, 0) is 0 Å². The molecular weight excluding hydrogens is 186 g/mol. The minimum atomic E-state index is -0.750. The Bertz CT molecular complexity index is 279. The first kappa shape index (κ1) is 10.4. The average Bonchev–Trinajstić information content (AvgIpc) is 2.33. The number of hydrogen-bond acceptors (Lipinski definition) is 5. The number of aryl methyl sites for hydroxylation is 1. The minimum Gasteiger partial charge on any atom is -0.388 e. The highest BCUT2D eigenvalue weighted by molar-refractivity contribution is 7.15. The van der Waals surface area contributed by atoms with Gasteiger partial charge in [0.2, 0.25) is 5.13 Å². The summed E-state index contributed by atoms with van der Waals surface area (Å²) < 4.78 is 0. The molecule has 1 unspecified atom stereocenters. The Hall–Kier alpha value is -0.680. The molecule has 0 saturated heterocycles. The Morgan fingerprint density at radius 3 is 2.46 bits per heavy atom. The minimum absolute atomic E-state index is 0.0418. The van der Waals surface area contributed by atoms with Crippen LogP contribution in [-0.4, -0.2) is 26.9 Å². The van der Waals surface area contributed by atoms with Gasteiger partial charge in [0.1, 0.15) is 5.01 Å². The molecule has 1 aromatic rings. The van der Waals surface area contributed by atoms with Crippen molar-refractivity contribution < 1.29 is 5.11 Å². The van der Waals surface area contributed by atoms with Gasteiger partial charge in [-0.05, 0) is 27.7 Å². The van der Waals surface area contributed by atoms with Crippen molar-refractivity contribution in [2.75, 3.05) is 5.32 Å². The largest absolute Gasteiger partial charge is 0.388 e. The van der Waals surface area contributed by atoms with E-state index in [1.807, 2.05) is 13.8 Å². The molecule has 1 heterocycles. The van der Waals surface area contributed by atoms with Gasteiger partial charge in [-0.2, -0.15) is 0 Å². The van der Waals surface area contributed by atoms with Crippen molar-refractivity contribution in [3.05, 3.63) is 5.01 Å². The van der Waals surface area contributed by atoms with E-state index in [4.69, 9.17) is 0 Å². The van der Waals surface area contributed by atoms with Crippen LogP contribution in [0.2, 0.25) is 0 Å². The molecule has 13 heavy (non-hydrogen) atoms. The van der Waals surface area contributed by atoms with Gasteiger partial charge in [-0.15, -0.1) is 10.2 Å². The van der Waals surface area contributed by atoms with Crippen molar-refractivity contribution in [1.82, 2.24) is 10.2 Å². The van der Waals surface area contributed by atoms with Gasteiger partial charge in [-0.25, -0.2) is 0 Å². The van der Waals surface area contributed by atoms with E-state index < -0.39 is 5.60 Å². The maximum Gasteiger partial charge on any atom is 0.205 e. The molecule has 0 saturated carbocycles. The second kappa shape index (κ2) is 3.59. The van der Waals surface area contributed by atoms with Crippen LogP contribution in [0, 0.1) is 6.92 Å². The Balaban J connectivity index is 2.60. The Kier molecular flexibility index (Phi) is 2.87. The molecule has 0 radical (unpaired) electrons. The lowest BCUT2D eigenvalue weighted by molar-refractivity contribution is 0.0649. The fourth-order valence-corrected chi connectivity index (χ4v) is 1.40. The van der Waals surface area contributed by atoms with Crippen molar-refractivity contribution in [2.45, 2.75) is 39.3 Å². The highest BCUT2D eigenvalue weighted by Gasteiger charge is 2.22. The molecule has 2 N–H and O–H groups in total. The lowest BCUT2D eigenvalue weighted by Crippen LogP contribution is -2.39. The average molecular weight is 201 g/mol. The third kappa shape index (κ3) is 2.93. The first-order chi connectivity index (χ1) is 5.89. The molecule has 1 atom stereocenters. The molecule has 1 rings (SSSR count). The summed E-state index contributed by atoms with van der Waals surface area (Å²) in [7, 11) is 0. The molecule has 0 aromatic carbocycles. The van der Waals surface area contributed by atoms with Gasteiger partial charge in [0.05, 0.1) is 11.6 Å². The van der Waals surface area contributed by atoms with Gasteiger partial charge in [-0.1, -0.05) is 11.3 Å². The summed E-state index contributed by atoms with van der Waals surface area (Å²) >= 11 is 1.49.